The molecule has 0 spiro atoms. The Bertz CT molecular complexity index is 431. The molecule has 0 fully saturated rings. The van der Waals surface area contributed by atoms with Gasteiger partial charge in [0.05, 0.1) is 0 Å². The number of aromatic hydroxyl groups is 1. The summed E-state index contributed by atoms with van der Waals surface area (Å²) in [6.45, 7) is 8.89. The van der Waals surface area contributed by atoms with Gasteiger partial charge in [0.15, 0.2) is 0 Å². The largest absolute Gasteiger partial charge is 0.508 e. The number of phenols is 1. The number of nitrogens with two attached hydrogens (primary N) is 1. The van der Waals surface area contributed by atoms with Gasteiger partial charge in [-0.2, -0.15) is 0 Å². The van der Waals surface area contributed by atoms with E-state index in [0.29, 0.717) is 18.2 Å². The van der Waals surface area contributed by atoms with Gasteiger partial charge in [-0.25, -0.2) is 0 Å². The van der Waals surface area contributed by atoms with Gasteiger partial charge in [0, 0.05) is 0 Å². The fraction of sp³-hybridized carbons (Fsp3) is 0.500. The molecule has 0 bridgehead atoms. The Morgan fingerprint density at radius 2 is 2.06 bits per heavy atom. The van der Waals surface area contributed by atoms with Gasteiger partial charge in [-0.15, -0.1) is 0 Å². The Morgan fingerprint density at radius 1 is 1.39 bits per heavy atom. The van der Waals surface area contributed by atoms with Crippen molar-refractivity contribution < 1.29 is 5.11 Å². The van der Waals surface area contributed by atoms with Crippen LogP contribution in [0.3, 0.4) is 0 Å². The van der Waals surface area contributed by atoms with Crippen LogP contribution in [0.2, 0.25) is 0 Å². The van der Waals surface area contributed by atoms with E-state index in [1.807, 2.05) is 13.0 Å². The molecule has 1 atom stereocenters. The van der Waals surface area contributed by atoms with Crippen LogP contribution < -0.4 is 5.73 Å². The molecule has 100 valence electrons. The third-order valence-corrected chi connectivity index (χ3v) is 3.37. The normalized spacial score (nSPS) is 12.3. The Kier molecular flexibility index (Phi) is 5.42. The van der Waals surface area contributed by atoms with Crippen molar-refractivity contribution in [2.24, 2.45) is 5.73 Å². The van der Waals surface area contributed by atoms with Crippen molar-refractivity contribution in [1.82, 2.24) is 0 Å². The first kappa shape index (κ1) is 14.8. The predicted octanol–water partition coefficient (Wildman–Crippen LogP) is 3.66. The average molecular weight is 247 g/mol. The maximum atomic E-state index is 9.89. The molecular weight excluding hydrogens is 222 g/mol. The van der Waals surface area contributed by atoms with Crippen LogP contribution >= 0.6 is 0 Å². The zero-order valence-corrected chi connectivity index (χ0v) is 12.0. The number of allylic oxidation sites excluding steroid dienone is 2. The first-order chi connectivity index (χ1) is 8.49. The van der Waals surface area contributed by atoms with Crippen LogP contribution in [0.25, 0.3) is 0 Å². The van der Waals surface area contributed by atoms with Gasteiger partial charge < -0.3 is 10.8 Å². The Hall–Kier alpha value is -1.28. The summed E-state index contributed by atoms with van der Waals surface area (Å²) in [5.74, 6) is 0.666. The van der Waals surface area contributed by atoms with Gasteiger partial charge in [-0.05, 0) is 68.8 Å². The highest BCUT2D eigenvalue weighted by molar-refractivity contribution is 5.43. The molecule has 0 aliphatic carbocycles. The van der Waals surface area contributed by atoms with E-state index in [4.69, 9.17) is 5.73 Å². The molecule has 0 heterocycles. The number of rotatable bonds is 5. The Labute approximate surface area is 111 Å². The first-order valence-electron chi connectivity index (χ1n) is 6.65. The molecule has 0 aliphatic heterocycles. The highest BCUT2D eigenvalue weighted by Gasteiger charge is 2.14. The number of hydrogen-bond acceptors (Lipinski definition) is 2. The lowest BCUT2D eigenvalue weighted by atomic mass is 9.88. The van der Waals surface area contributed by atoms with Crippen LogP contribution in [0, 0.1) is 6.92 Å². The van der Waals surface area contributed by atoms with Crippen molar-refractivity contribution in [2.75, 3.05) is 6.54 Å². The summed E-state index contributed by atoms with van der Waals surface area (Å²) in [5.41, 5.74) is 10.6. The van der Waals surface area contributed by atoms with Gasteiger partial charge in [-0.3, -0.25) is 0 Å². The van der Waals surface area contributed by atoms with Crippen molar-refractivity contribution in [3.05, 3.63) is 40.5 Å². The van der Waals surface area contributed by atoms with E-state index in [1.54, 1.807) is 0 Å². The Balaban J connectivity index is 3.11. The molecule has 0 saturated heterocycles. The number of phenolic OH excluding ortho intramolecular Hbond substituents is 1. The minimum absolute atomic E-state index is 0.293. The lowest BCUT2D eigenvalue weighted by Crippen LogP contribution is -2.14. The molecule has 2 heteroatoms. The highest BCUT2D eigenvalue weighted by Crippen LogP contribution is 2.30. The molecule has 2 nitrogen and oxygen atoms in total. The van der Waals surface area contributed by atoms with Crippen LogP contribution in [0.4, 0.5) is 0 Å². The molecule has 3 N–H and O–H groups in total. The summed E-state index contributed by atoms with van der Waals surface area (Å²) in [4.78, 5) is 0. The lowest BCUT2D eigenvalue weighted by molar-refractivity contribution is 0.469. The summed E-state index contributed by atoms with van der Waals surface area (Å²) < 4.78 is 0. The van der Waals surface area contributed by atoms with Crippen LogP contribution in [-0.4, -0.2) is 11.7 Å². The van der Waals surface area contributed by atoms with Crippen LogP contribution in [-0.2, 0) is 6.42 Å². The summed E-state index contributed by atoms with van der Waals surface area (Å²) in [6, 6.07) is 3.97. The maximum Gasteiger partial charge on any atom is 0.118 e. The van der Waals surface area contributed by atoms with Crippen LogP contribution in [0.1, 0.15) is 49.8 Å². The molecule has 1 aromatic rings. The molecule has 1 aromatic carbocycles. The summed E-state index contributed by atoms with van der Waals surface area (Å²) in [7, 11) is 0. The number of hydrogen-bond donors (Lipinski definition) is 2. The molecule has 0 radical (unpaired) electrons. The second kappa shape index (κ2) is 6.60. The number of benzene rings is 1. The van der Waals surface area contributed by atoms with Crippen molar-refractivity contribution in [1.29, 1.82) is 0 Å². The van der Waals surface area contributed by atoms with Crippen molar-refractivity contribution in [3.8, 4) is 5.75 Å². The highest BCUT2D eigenvalue weighted by atomic mass is 16.3. The van der Waals surface area contributed by atoms with Crippen molar-refractivity contribution in [3.63, 3.8) is 0 Å². The summed E-state index contributed by atoms with van der Waals surface area (Å²) in [6.07, 6.45) is 4.13. The smallest absolute Gasteiger partial charge is 0.118 e. The monoisotopic (exact) mass is 247 g/mol. The third-order valence-electron chi connectivity index (χ3n) is 3.37. The van der Waals surface area contributed by atoms with Crippen LogP contribution in [0.5, 0.6) is 5.75 Å². The molecule has 0 aliphatic rings. The molecule has 0 saturated carbocycles. The summed E-state index contributed by atoms with van der Waals surface area (Å²) in [5, 5.41) is 9.89. The molecule has 1 rings (SSSR count). The average Bonchev–Trinajstić information content (AvgIpc) is 2.33. The molecule has 0 amide bonds. The minimum atomic E-state index is 0.293. The van der Waals surface area contributed by atoms with Gasteiger partial charge >= 0.3 is 0 Å². The van der Waals surface area contributed by atoms with E-state index in [9.17, 15) is 5.11 Å². The topological polar surface area (TPSA) is 46.2 Å². The zero-order valence-electron chi connectivity index (χ0n) is 12.0. The second-order valence-electron chi connectivity index (χ2n) is 5.14. The SMILES string of the molecule is CCc1cc(C)c(O)cc1C(CN)CC=C(C)C. The van der Waals surface area contributed by atoms with Gasteiger partial charge in [-0.1, -0.05) is 24.6 Å². The van der Waals surface area contributed by atoms with E-state index < -0.39 is 0 Å². The van der Waals surface area contributed by atoms with Gasteiger partial charge in [0.2, 0.25) is 0 Å². The van der Waals surface area contributed by atoms with Crippen molar-refractivity contribution in [2.45, 2.75) is 46.5 Å². The molecule has 1 unspecified atom stereocenters. The van der Waals surface area contributed by atoms with E-state index in [-0.39, 0.29) is 0 Å². The fourth-order valence-electron chi connectivity index (χ4n) is 2.19. The lowest BCUT2D eigenvalue weighted by Gasteiger charge is -2.19. The molecular formula is C16H25NO. The van der Waals surface area contributed by atoms with E-state index in [0.717, 1.165) is 18.4 Å². The van der Waals surface area contributed by atoms with Crippen LogP contribution in [0.15, 0.2) is 23.8 Å². The van der Waals surface area contributed by atoms with Gasteiger partial charge in [0.25, 0.3) is 0 Å². The molecule has 0 aromatic heterocycles. The predicted molar refractivity (Wildman–Crippen MR) is 78.1 cm³/mol. The summed E-state index contributed by atoms with van der Waals surface area (Å²) >= 11 is 0. The standard InChI is InChI=1S/C16H25NO/c1-5-13-8-12(4)16(18)9-15(13)14(10-17)7-6-11(2)3/h6,8-9,14,18H,5,7,10,17H2,1-4H3. The number of aryl methyl sites for hydroxylation is 2. The Morgan fingerprint density at radius 3 is 2.56 bits per heavy atom. The fourth-order valence-corrected chi connectivity index (χ4v) is 2.19. The molecule has 18 heavy (non-hydrogen) atoms. The van der Waals surface area contributed by atoms with E-state index in [2.05, 4.69) is 32.9 Å². The quantitative estimate of drug-likeness (QED) is 0.780. The zero-order chi connectivity index (χ0) is 13.7. The second-order valence-corrected chi connectivity index (χ2v) is 5.14. The van der Waals surface area contributed by atoms with Crippen molar-refractivity contribution >= 4 is 0 Å². The first-order valence-corrected chi connectivity index (χ1v) is 6.65. The van der Waals surface area contributed by atoms with E-state index >= 15 is 0 Å². The maximum absolute atomic E-state index is 9.89. The van der Waals surface area contributed by atoms with E-state index in [1.165, 1.54) is 16.7 Å². The third kappa shape index (κ3) is 3.61. The minimum Gasteiger partial charge on any atom is -0.508 e. The van der Waals surface area contributed by atoms with Gasteiger partial charge in [0.1, 0.15) is 5.75 Å².